The Kier molecular flexibility index (Phi) is 3.94. The van der Waals surface area contributed by atoms with E-state index < -0.39 is 10.8 Å². The van der Waals surface area contributed by atoms with E-state index >= 15 is 0 Å². The van der Waals surface area contributed by atoms with Crippen molar-refractivity contribution in [2.24, 2.45) is 0 Å². The highest BCUT2D eigenvalue weighted by Crippen LogP contribution is 2.30. The molecular weight excluding hydrogens is 234 g/mol. The zero-order valence-corrected chi connectivity index (χ0v) is 10.8. The molecule has 0 bridgehead atoms. The van der Waals surface area contributed by atoms with E-state index in [4.69, 9.17) is 0 Å². The van der Waals surface area contributed by atoms with Crippen molar-refractivity contribution in [3.05, 3.63) is 35.9 Å². The second kappa shape index (κ2) is 5.45. The molecule has 1 saturated heterocycles. The number of hydrogen-bond acceptors (Lipinski definition) is 2. The van der Waals surface area contributed by atoms with Gasteiger partial charge in [-0.2, -0.15) is 0 Å². The van der Waals surface area contributed by atoms with Crippen LogP contribution >= 0.6 is 0 Å². The van der Waals surface area contributed by atoms with E-state index in [9.17, 15) is 9.00 Å². The molecule has 0 aromatic heterocycles. The highest BCUT2D eigenvalue weighted by Gasteiger charge is 2.37. The van der Waals surface area contributed by atoms with Gasteiger partial charge in [0.15, 0.2) is 0 Å². The zero-order valence-electron chi connectivity index (χ0n) is 9.96. The van der Waals surface area contributed by atoms with Crippen LogP contribution < -0.4 is 0 Å². The molecule has 4 heteroatoms. The van der Waals surface area contributed by atoms with Gasteiger partial charge in [0, 0.05) is 6.54 Å². The molecule has 1 heterocycles. The summed E-state index contributed by atoms with van der Waals surface area (Å²) < 4.78 is 12.0. The van der Waals surface area contributed by atoms with Crippen LogP contribution in [0.3, 0.4) is 0 Å². The van der Waals surface area contributed by atoms with Gasteiger partial charge in [-0.15, -0.1) is 0 Å². The monoisotopic (exact) mass is 251 g/mol. The van der Waals surface area contributed by atoms with Gasteiger partial charge in [0.05, 0.1) is 10.8 Å². The van der Waals surface area contributed by atoms with Crippen LogP contribution in [0.2, 0.25) is 0 Å². The summed E-state index contributed by atoms with van der Waals surface area (Å²) in [5, 5.41) is -0.241. The molecule has 1 amide bonds. The molecule has 92 valence electrons. The van der Waals surface area contributed by atoms with Crippen LogP contribution in [0.5, 0.6) is 0 Å². The van der Waals surface area contributed by atoms with Crippen molar-refractivity contribution in [1.82, 2.24) is 4.90 Å². The molecule has 1 fully saturated rings. The van der Waals surface area contributed by atoms with Crippen molar-refractivity contribution in [3.8, 4) is 0 Å². The van der Waals surface area contributed by atoms with Gasteiger partial charge in [-0.25, -0.2) is 0 Å². The van der Waals surface area contributed by atoms with Gasteiger partial charge in [0.2, 0.25) is 5.91 Å². The molecule has 1 aliphatic heterocycles. The molecule has 3 nitrogen and oxygen atoms in total. The molecule has 2 rings (SSSR count). The van der Waals surface area contributed by atoms with Crippen LogP contribution in [0.4, 0.5) is 0 Å². The van der Waals surface area contributed by atoms with E-state index in [1.807, 2.05) is 30.3 Å². The predicted molar refractivity (Wildman–Crippen MR) is 68.8 cm³/mol. The summed E-state index contributed by atoms with van der Waals surface area (Å²) in [4.78, 5) is 13.6. The van der Waals surface area contributed by atoms with Crippen molar-refractivity contribution >= 4 is 16.7 Å². The zero-order chi connectivity index (χ0) is 12.3. The lowest BCUT2D eigenvalue weighted by molar-refractivity contribution is -0.128. The molecule has 0 saturated carbocycles. The fourth-order valence-electron chi connectivity index (χ4n) is 2.08. The van der Waals surface area contributed by atoms with Crippen LogP contribution in [0.25, 0.3) is 0 Å². The second-order valence-electron chi connectivity index (χ2n) is 4.23. The number of carbonyl (C=O) groups is 1. The summed E-state index contributed by atoms with van der Waals surface area (Å²) in [5.41, 5.74) is 0.979. The van der Waals surface area contributed by atoms with Crippen molar-refractivity contribution < 1.29 is 9.00 Å². The largest absolute Gasteiger partial charge is 0.323 e. The average molecular weight is 251 g/mol. The average Bonchev–Trinajstić information content (AvgIpc) is 2.62. The Balaban J connectivity index is 2.23. The molecule has 1 aromatic carbocycles. The minimum Gasteiger partial charge on any atom is -0.323 e. The minimum atomic E-state index is -1.10. The van der Waals surface area contributed by atoms with Crippen molar-refractivity contribution in [2.45, 2.75) is 25.1 Å². The number of benzene rings is 1. The molecule has 17 heavy (non-hydrogen) atoms. The summed E-state index contributed by atoms with van der Waals surface area (Å²) >= 11 is 0. The first-order valence-corrected chi connectivity index (χ1v) is 7.34. The smallest absolute Gasteiger partial charge is 0.236 e. The third-order valence-electron chi connectivity index (χ3n) is 2.96. The van der Waals surface area contributed by atoms with Gasteiger partial charge in [-0.05, 0) is 12.0 Å². The Labute approximate surface area is 104 Å². The normalized spacial score (nSPS) is 24.3. The van der Waals surface area contributed by atoms with E-state index in [2.05, 4.69) is 6.92 Å². The minimum absolute atomic E-state index is 0.0191. The molecule has 1 aromatic rings. The fraction of sp³-hybridized carbons (Fsp3) is 0.462. The molecular formula is C13H17NO2S. The van der Waals surface area contributed by atoms with E-state index in [1.165, 1.54) is 0 Å². The Bertz CT molecular complexity index is 419. The number of carbonyl (C=O) groups excluding carboxylic acids is 1. The number of rotatable bonds is 4. The first kappa shape index (κ1) is 12.3. The summed E-state index contributed by atoms with van der Waals surface area (Å²) in [6.07, 6.45) is 2.00. The lowest BCUT2D eigenvalue weighted by Crippen LogP contribution is -2.29. The Morgan fingerprint density at radius 1 is 1.35 bits per heavy atom. The maximum absolute atomic E-state index is 12.0. The van der Waals surface area contributed by atoms with Gasteiger partial charge in [0.25, 0.3) is 0 Å². The first-order valence-electron chi connectivity index (χ1n) is 5.95. The van der Waals surface area contributed by atoms with E-state index in [-0.39, 0.29) is 17.0 Å². The van der Waals surface area contributed by atoms with Gasteiger partial charge in [0.1, 0.15) is 11.1 Å². The molecule has 0 radical (unpaired) electrons. The Morgan fingerprint density at radius 3 is 2.71 bits per heavy atom. The highest BCUT2D eigenvalue weighted by atomic mass is 32.2. The highest BCUT2D eigenvalue weighted by molar-refractivity contribution is 7.86. The predicted octanol–water partition coefficient (Wildman–Crippen LogP) is 2.08. The Morgan fingerprint density at radius 2 is 2.06 bits per heavy atom. The molecule has 0 N–H and O–H groups in total. The van der Waals surface area contributed by atoms with E-state index in [0.717, 1.165) is 18.4 Å². The van der Waals surface area contributed by atoms with Crippen molar-refractivity contribution in [1.29, 1.82) is 0 Å². The first-order chi connectivity index (χ1) is 8.24. The van der Waals surface area contributed by atoms with Crippen LogP contribution in [0, 0.1) is 0 Å². The second-order valence-corrected chi connectivity index (χ2v) is 5.73. The van der Waals surface area contributed by atoms with Crippen LogP contribution in [0.1, 0.15) is 30.7 Å². The van der Waals surface area contributed by atoms with Crippen LogP contribution in [-0.4, -0.2) is 27.3 Å². The van der Waals surface area contributed by atoms with Gasteiger partial charge >= 0.3 is 0 Å². The van der Waals surface area contributed by atoms with Crippen molar-refractivity contribution in [2.75, 3.05) is 12.3 Å². The van der Waals surface area contributed by atoms with E-state index in [0.29, 0.717) is 6.54 Å². The fourth-order valence-corrected chi connectivity index (χ4v) is 3.61. The van der Waals surface area contributed by atoms with Crippen molar-refractivity contribution in [3.63, 3.8) is 0 Å². The molecule has 0 spiro atoms. The maximum Gasteiger partial charge on any atom is 0.236 e. The Hall–Kier alpha value is -1.16. The van der Waals surface area contributed by atoms with Gasteiger partial charge in [-0.3, -0.25) is 9.00 Å². The molecule has 0 unspecified atom stereocenters. The summed E-state index contributed by atoms with van der Waals surface area (Å²) in [6.45, 7) is 2.80. The number of hydrogen-bond donors (Lipinski definition) is 0. The molecule has 1 aliphatic rings. The number of nitrogens with zero attached hydrogens (tertiary/aromatic N) is 1. The lowest BCUT2D eigenvalue weighted by Gasteiger charge is -2.23. The number of amides is 1. The van der Waals surface area contributed by atoms with E-state index in [1.54, 1.807) is 4.90 Å². The molecule has 2 atom stereocenters. The number of unbranched alkanes of at least 4 members (excludes halogenated alkanes) is 1. The lowest BCUT2D eigenvalue weighted by atomic mass is 10.2. The summed E-state index contributed by atoms with van der Waals surface area (Å²) in [6, 6.07) is 9.67. The third kappa shape index (κ3) is 2.57. The summed E-state index contributed by atoms with van der Waals surface area (Å²) in [7, 11) is -1.10. The standard InChI is InChI=1S/C13H17NO2S/c1-2-3-9-14-12(15)10-17(16)13(14)11-7-5-4-6-8-11/h4-8,13H,2-3,9-10H2,1H3/t13-,17-/m1/s1. The van der Waals surface area contributed by atoms with Crippen LogP contribution in [0.15, 0.2) is 30.3 Å². The summed E-state index contributed by atoms with van der Waals surface area (Å²) in [5.74, 6) is 0.189. The maximum atomic E-state index is 12.0. The van der Waals surface area contributed by atoms with Gasteiger partial charge < -0.3 is 4.90 Å². The molecule has 0 aliphatic carbocycles. The topological polar surface area (TPSA) is 37.4 Å². The van der Waals surface area contributed by atoms with Crippen LogP contribution in [-0.2, 0) is 15.6 Å². The third-order valence-corrected chi connectivity index (χ3v) is 4.51. The quantitative estimate of drug-likeness (QED) is 0.821. The van der Waals surface area contributed by atoms with Gasteiger partial charge in [-0.1, -0.05) is 43.7 Å². The SMILES string of the molecule is CCCCN1C(=O)C[S@@](=O)[C@@H]1c1ccccc1.